The second-order valence-corrected chi connectivity index (χ2v) is 12.7. The highest BCUT2D eigenvalue weighted by atomic mass is 79.9. The first-order valence-corrected chi connectivity index (χ1v) is 16.1. The summed E-state index contributed by atoms with van der Waals surface area (Å²) in [6, 6.07) is 55.4. The number of benzene rings is 8. The predicted octanol–water partition coefficient (Wildman–Crippen LogP) is 12.1. The molecule has 0 unspecified atom stereocenters. The van der Waals surface area contributed by atoms with Gasteiger partial charge in [0.1, 0.15) is 0 Å². The zero-order chi connectivity index (χ0) is 29.6. The van der Waals surface area contributed by atoms with Crippen molar-refractivity contribution in [1.29, 1.82) is 0 Å². The van der Waals surface area contributed by atoms with E-state index < -0.39 is 0 Å². The van der Waals surface area contributed by atoms with Gasteiger partial charge in [0.2, 0.25) is 0 Å². The third kappa shape index (κ3) is 3.50. The number of nitrogens with zero attached hydrogens (tertiary/aromatic N) is 2. The summed E-state index contributed by atoms with van der Waals surface area (Å²) in [7, 11) is 0. The van der Waals surface area contributed by atoms with Crippen LogP contribution in [-0.2, 0) is 0 Å². The fourth-order valence-corrected chi connectivity index (χ4v) is 8.12. The molecule has 0 saturated carbocycles. The Hall–Kier alpha value is -5.38. The zero-order valence-corrected chi connectivity index (χ0v) is 25.8. The first-order valence-electron chi connectivity index (χ1n) is 15.3. The van der Waals surface area contributed by atoms with Crippen molar-refractivity contribution in [3.8, 4) is 11.4 Å². The molecule has 0 saturated heterocycles. The molecule has 0 spiro atoms. The van der Waals surface area contributed by atoms with Crippen LogP contribution in [0.3, 0.4) is 0 Å². The summed E-state index contributed by atoms with van der Waals surface area (Å²) < 4.78 is 5.92. The molecule has 0 amide bonds. The average molecular weight is 638 g/mol. The van der Waals surface area contributed by atoms with E-state index in [1.165, 1.54) is 75.9 Å². The van der Waals surface area contributed by atoms with E-state index >= 15 is 0 Å². The number of para-hydroxylation sites is 1. The SMILES string of the molecule is Brc1c(-n2c3ccccc3c3cc4ccccc4cc32)cccc1-n1c2cc3ccccc3cc2c2c3ccccc3ccc21. The highest BCUT2D eigenvalue weighted by molar-refractivity contribution is 9.10. The van der Waals surface area contributed by atoms with Gasteiger partial charge in [-0.25, -0.2) is 0 Å². The van der Waals surface area contributed by atoms with Gasteiger partial charge in [0, 0.05) is 21.5 Å². The highest BCUT2D eigenvalue weighted by Crippen LogP contribution is 2.43. The topological polar surface area (TPSA) is 9.86 Å². The quantitative estimate of drug-likeness (QED) is 0.179. The number of hydrogen-bond acceptors (Lipinski definition) is 0. The fraction of sp³-hybridized carbons (Fsp3) is 0. The lowest BCUT2D eigenvalue weighted by atomic mass is 10.0. The number of fused-ring (bicyclic) bond motifs is 10. The van der Waals surface area contributed by atoms with Crippen molar-refractivity contribution in [3.05, 3.63) is 156 Å². The molecule has 0 aliphatic carbocycles. The summed E-state index contributed by atoms with van der Waals surface area (Å²) in [4.78, 5) is 0. The molecule has 3 heteroatoms. The Bertz CT molecular complexity index is 2830. The van der Waals surface area contributed by atoms with Crippen molar-refractivity contribution < 1.29 is 0 Å². The molecule has 10 rings (SSSR count). The van der Waals surface area contributed by atoms with Crippen LogP contribution in [-0.4, -0.2) is 9.13 Å². The molecule has 8 aromatic carbocycles. The van der Waals surface area contributed by atoms with Crippen molar-refractivity contribution in [2.45, 2.75) is 0 Å². The molecule has 2 aromatic heterocycles. The van der Waals surface area contributed by atoms with Crippen LogP contribution in [0.5, 0.6) is 0 Å². The van der Waals surface area contributed by atoms with E-state index in [0.717, 1.165) is 15.8 Å². The van der Waals surface area contributed by atoms with E-state index in [-0.39, 0.29) is 0 Å². The van der Waals surface area contributed by atoms with Gasteiger partial charge in [-0.1, -0.05) is 103 Å². The minimum atomic E-state index is 1.06. The lowest BCUT2D eigenvalue weighted by Gasteiger charge is -2.16. The largest absolute Gasteiger partial charge is 0.308 e. The van der Waals surface area contributed by atoms with Gasteiger partial charge in [0.05, 0.1) is 37.9 Å². The molecule has 0 bridgehead atoms. The second-order valence-electron chi connectivity index (χ2n) is 11.9. The monoisotopic (exact) mass is 636 g/mol. The molecule has 45 heavy (non-hydrogen) atoms. The summed E-state index contributed by atoms with van der Waals surface area (Å²) in [5.41, 5.74) is 7.03. The van der Waals surface area contributed by atoms with Gasteiger partial charge >= 0.3 is 0 Å². The van der Waals surface area contributed by atoms with Crippen LogP contribution in [0, 0.1) is 0 Å². The molecule has 0 radical (unpaired) electrons. The zero-order valence-electron chi connectivity index (χ0n) is 24.2. The van der Waals surface area contributed by atoms with Crippen molar-refractivity contribution in [2.24, 2.45) is 0 Å². The van der Waals surface area contributed by atoms with Crippen LogP contribution in [0.1, 0.15) is 0 Å². The van der Waals surface area contributed by atoms with Gasteiger partial charge in [-0.15, -0.1) is 0 Å². The maximum absolute atomic E-state index is 4.17. The standard InChI is InChI=1S/C42H25BrN2/c43-42-37(44-35-17-8-7-16-32(35)33-22-27-11-1-3-13-29(27)24-39(33)44)18-9-19-38(42)45-36-21-20-26-10-5-6-15-31(26)41(36)34-23-28-12-2-4-14-30(28)25-40(34)45/h1-25H. The van der Waals surface area contributed by atoms with Crippen LogP contribution in [0.25, 0.3) is 87.3 Å². The Morgan fingerprint density at radius 1 is 0.333 bits per heavy atom. The summed E-state index contributed by atoms with van der Waals surface area (Å²) in [6.07, 6.45) is 0. The Kier molecular flexibility index (Phi) is 5.17. The Morgan fingerprint density at radius 3 is 1.53 bits per heavy atom. The Labute approximate surface area is 267 Å². The van der Waals surface area contributed by atoms with Gasteiger partial charge in [0.25, 0.3) is 0 Å². The Balaban J connectivity index is 1.34. The fourth-order valence-electron chi connectivity index (χ4n) is 7.50. The molecular weight excluding hydrogens is 612 g/mol. The third-order valence-electron chi connectivity index (χ3n) is 9.50. The average Bonchev–Trinajstić information content (AvgIpc) is 3.58. The van der Waals surface area contributed by atoms with Crippen LogP contribution in [0.2, 0.25) is 0 Å². The number of rotatable bonds is 2. The van der Waals surface area contributed by atoms with Crippen LogP contribution >= 0.6 is 15.9 Å². The summed E-state index contributed by atoms with van der Waals surface area (Å²) in [5.74, 6) is 0. The van der Waals surface area contributed by atoms with Gasteiger partial charge in [-0.05, 0) is 96.8 Å². The lowest BCUT2D eigenvalue weighted by Crippen LogP contribution is -2.01. The first-order chi connectivity index (χ1) is 22.2. The maximum atomic E-state index is 4.17. The predicted molar refractivity (Wildman–Crippen MR) is 195 cm³/mol. The van der Waals surface area contributed by atoms with E-state index in [1.807, 2.05) is 0 Å². The minimum absolute atomic E-state index is 1.06. The highest BCUT2D eigenvalue weighted by Gasteiger charge is 2.21. The number of halogens is 1. The maximum Gasteiger partial charge on any atom is 0.0656 e. The lowest BCUT2D eigenvalue weighted by molar-refractivity contribution is 1.12. The number of aromatic nitrogens is 2. The molecule has 10 aromatic rings. The van der Waals surface area contributed by atoms with Crippen molar-refractivity contribution in [2.75, 3.05) is 0 Å². The van der Waals surface area contributed by atoms with E-state index in [2.05, 4.69) is 177 Å². The van der Waals surface area contributed by atoms with E-state index in [0.29, 0.717) is 0 Å². The van der Waals surface area contributed by atoms with Crippen molar-refractivity contribution in [3.63, 3.8) is 0 Å². The smallest absolute Gasteiger partial charge is 0.0656 e. The second kappa shape index (κ2) is 9.31. The normalized spacial score (nSPS) is 12.1. The van der Waals surface area contributed by atoms with E-state index in [1.54, 1.807) is 0 Å². The van der Waals surface area contributed by atoms with Crippen LogP contribution in [0.15, 0.2) is 156 Å². The molecular formula is C42H25BrN2. The van der Waals surface area contributed by atoms with Gasteiger partial charge in [-0.2, -0.15) is 0 Å². The summed E-state index contributed by atoms with van der Waals surface area (Å²) >= 11 is 4.17. The Morgan fingerprint density at radius 2 is 0.844 bits per heavy atom. The molecule has 2 nitrogen and oxygen atoms in total. The number of hydrogen-bond donors (Lipinski definition) is 0. The van der Waals surface area contributed by atoms with E-state index in [9.17, 15) is 0 Å². The van der Waals surface area contributed by atoms with Gasteiger partial charge < -0.3 is 9.13 Å². The molecule has 2 heterocycles. The van der Waals surface area contributed by atoms with E-state index in [4.69, 9.17) is 0 Å². The van der Waals surface area contributed by atoms with Crippen LogP contribution in [0.4, 0.5) is 0 Å². The molecule has 0 aliphatic heterocycles. The molecule has 0 aliphatic rings. The van der Waals surface area contributed by atoms with Gasteiger partial charge in [-0.3, -0.25) is 0 Å². The first kappa shape index (κ1) is 25.0. The molecule has 210 valence electrons. The minimum Gasteiger partial charge on any atom is -0.308 e. The van der Waals surface area contributed by atoms with Crippen molar-refractivity contribution >= 4 is 91.9 Å². The van der Waals surface area contributed by atoms with Crippen molar-refractivity contribution in [1.82, 2.24) is 9.13 Å². The van der Waals surface area contributed by atoms with Crippen LogP contribution < -0.4 is 0 Å². The van der Waals surface area contributed by atoms with Gasteiger partial charge in [0.15, 0.2) is 0 Å². The molecule has 0 fully saturated rings. The molecule has 0 atom stereocenters. The third-order valence-corrected chi connectivity index (χ3v) is 10.3. The summed E-state index contributed by atoms with van der Waals surface area (Å²) in [5, 5.41) is 12.6. The molecule has 0 N–H and O–H groups in total. The summed E-state index contributed by atoms with van der Waals surface area (Å²) in [6.45, 7) is 0.